The van der Waals surface area contributed by atoms with E-state index in [0.29, 0.717) is 31.2 Å². The highest BCUT2D eigenvalue weighted by Crippen LogP contribution is 2.24. The quantitative estimate of drug-likeness (QED) is 0.336. The van der Waals surface area contributed by atoms with Crippen LogP contribution in [0.1, 0.15) is 22.7 Å². The summed E-state index contributed by atoms with van der Waals surface area (Å²) < 4.78 is 5.33. The zero-order chi connectivity index (χ0) is 21.8. The fraction of sp³-hybridized carbons (Fsp3) is 0.350. The fourth-order valence-electron chi connectivity index (χ4n) is 3.51. The average Bonchev–Trinajstić information content (AvgIpc) is 3.46. The number of nitrogens with two attached hydrogens (primary N) is 1. The number of aryl methyl sites for hydroxylation is 1. The smallest absolute Gasteiger partial charge is 0.292 e. The minimum atomic E-state index is -0.573. The first-order chi connectivity index (χ1) is 15.0. The molecule has 0 spiro atoms. The van der Waals surface area contributed by atoms with Gasteiger partial charge in [-0.05, 0) is 36.5 Å². The molecule has 1 amide bonds. The molecule has 2 aromatic heterocycles. The lowest BCUT2D eigenvalue weighted by molar-refractivity contribution is -0.383. The van der Waals surface area contributed by atoms with Crippen molar-refractivity contribution in [3.63, 3.8) is 0 Å². The van der Waals surface area contributed by atoms with Gasteiger partial charge in [0.1, 0.15) is 5.69 Å². The number of aromatic nitrogens is 2. The number of hydrogen-bond acceptors (Lipinski definition) is 9. The highest BCUT2D eigenvalue weighted by molar-refractivity contribution is 7.13. The largest absolute Gasteiger partial charge is 0.393 e. The Labute approximate surface area is 182 Å². The van der Waals surface area contributed by atoms with Gasteiger partial charge in [0.05, 0.1) is 9.80 Å². The van der Waals surface area contributed by atoms with Gasteiger partial charge in [-0.2, -0.15) is 4.98 Å². The monoisotopic (exact) mass is 442 g/mol. The van der Waals surface area contributed by atoms with Crippen molar-refractivity contribution in [1.29, 1.82) is 0 Å². The number of carbonyl (C=O) groups is 1. The fourth-order valence-corrected chi connectivity index (χ4v) is 4.16. The Balaban J connectivity index is 1.24. The summed E-state index contributed by atoms with van der Waals surface area (Å²) in [5.41, 5.74) is 5.71. The van der Waals surface area contributed by atoms with Crippen LogP contribution in [0.4, 0.5) is 11.4 Å². The molecule has 1 fully saturated rings. The number of anilines is 1. The lowest BCUT2D eigenvalue weighted by Crippen LogP contribution is -2.48. The van der Waals surface area contributed by atoms with E-state index >= 15 is 0 Å². The summed E-state index contributed by atoms with van der Waals surface area (Å²) in [5.74, 6) is 1.04. The molecule has 31 heavy (non-hydrogen) atoms. The summed E-state index contributed by atoms with van der Waals surface area (Å²) in [6.45, 7) is 3.49. The van der Waals surface area contributed by atoms with E-state index in [2.05, 4.69) is 15.0 Å². The third kappa shape index (κ3) is 4.89. The molecule has 162 valence electrons. The van der Waals surface area contributed by atoms with Gasteiger partial charge in [-0.1, -0.05) is 11.2 Å². The average molecular weight is 443 g/mol. The second-order valence-corrected chi connectivity index (χ2v) is 8.20. The van der Waals surface area contributed by atoms with Crippen LogP contribution >= 0.6 is 11.3 Å². The number of nitrogen functional groups attached to an aromatic ring is 1. The van der Waals surface area contributed by atoms with Crippen molar-refractivity contribution in [2.24, 2.45) is 0 Å². The van der Waals surface area contributed by atoms with Crippen molar-refractivity contribution in [3.05, 3.63) is 57.3 Å². The Morgan fingerprint density at radius 3 is 2.77 bits per heavy atom. The Bertz CT molecular complexity index is 1060. The minimum Gasteiger partial charge on any atom is -0.393 e. The molecule has 11 heteroatoms. The van der Waals surface area contributed by atoms with Crippen molar-refractivity contribution < 1.29 is 14.2 Å². The predicted molar refractivity (Wildman–Crippen MR) is 116 cm³/mol. The number of hydrogen-bond donors (Lipinski definition) is 1. The number of nitro groups is 1. The van der Waals surface area contributed by atoms with Crippen LogP contribution in [0.2, 0.25) is 0 Å². The van der Waals surface area contributed by atoms with Gasteiger partial charge in [-0.3, -0.25) is 19.8 Å². The first kappa shape index (κ1) is 20.9. The predicted octanol–water partition coefficient (Wildman–Crippen LogP) is 2.68. The summed E-state index contributed by atoms with van der Waals surface area (Å²) in [6, 6.07) is 8.10. The molecule has 1 aromatic carbocycles. The van der Waals surface area contributed by atoms with E-state index in [1.165, 1.54) is 18.2 Å². The zero-order valence-corrected chi connectivity index (χ0v) is 17.6. The number of nitro benzene ring substituents is 1. The zero-order valence-electron chi connectivity index (χ0n) is 16.8. The van der Waals surface area contributed by atoms with Gasteiger partial charge >= 0.3 is 0 Å². The summed E-state index contributed by atoms with van der Waals surface area (Å²) in [4.78, 5) is 32.6. The van der Waals surface area contributed by atoms with Crippen LogP contribution in [-0.2, 0) is 6.42 Å². The molecule has 4 rings (SSSR count). The number of carbonyl (C=O) groups excluding carboxylic acids is 1. The normalized spacial score (nSPS) is 14.6. The highest BCUT2D eigenvalue weighted by Gasteiger charge is 2.24. The molecule has 1 saturated heterocycles. The molecule has 10 nitrogen and oxygen atoms in total. The highest BCUT2D eigenvalue weighted by atomic mass is 32.1. The lowest BCUT2D eigenvalue weighted by Gasteiger charge is -2.34. The van der Waals surface area contributed by atoms with Gasteiger partial charge in [0, 0.05) is 44.2 Å². The van der Waals surface area contributed by atoms with Crippen LogP contribution in [0.25, 0.3) is 10.7 Å². The van der Waals surface area contributed by atoms with E-state index in [-0.39, 0.29) is 22.8 Å². The Hall–Kier alpha value is -3.31. The third-order valence-electron chi connectivity index (χ3n) is 5.21. The summed E-state index contributed by atoms with van der Waals surface area (Å²) in [6.07, 6.45) is 1.58. The molecule has 2 N–H and O–H groups in total. The van der Waals surface area contributed by atoms with E-state index in [1.54, 1.807) is 16.2 Å². The molecule has 0 unspecified atom stereocenters. The van der Waals surface area contributed by atoms with E-state index < -0.39 is 4.92 Å². The van der Waals surface area contributed by atoms with E-state index in [4.69, 9.17) is 10.3 Å². The van der Waals surface area contributed by atoms with Gasteiger partial charge in [0.2, 0.25) is 11.7 Å². The molecular formula is C20H22N6O4S. The van der Waals surface area contributed by atoms with Crippen molar-refractivity contribution >= 4 is 28.6 Å². The molecule has 0 atom stereocenters. The molecule has 3 aromatic rings. The lowest BCUT2D eigenvalue weighted by atomic mass is 10.1. The maximum absolute atomic E-state index is 12.7. The molecule has 1 aliphatic heterocycles. The van der Waals surface area contributed by atoms with Gasteiger partial charge in [0.25, 0.3) is 11.6 Å². The Morgan fingerprint density at radius 1 is 1.26 bits per heavy atom. The van der Waals surface area contributed by atoms with Crippen LogP contribution in [0, 0.1) is 10.1 Å². The molecule has 1 aliphatic rings. The van der Waals surface area contributed by atoms with Crippen LogP contribution in [-0.4, -0.2) is 63.5 Å². The van der Waals surface area contributed by atoms with E-state index in [1.807, 2.05) is 17.5 Å². The summed E-state index contributed by atoms with van der Waals surface area (Å²) in [7, 11) is 0. The molecule has 3 heterocycles. The number of amides is 1. The molecule has 0 saturated carbocycles. The van der Waals surface area contributed by atoms with E-state index in [9.17, 15) is 14.9 Å². The maximum atomic E-state index is 12.7. The van der Waals surface area contributed by atoms with Gasteiger partial charge in [-0.25, -0.2) is 0 Å². The number of benzene rings is 1. The molecule has 0 aliphatic carbocycles. The molecule has 0 bridgehead atoms. The molecular weight excluding hydrogens is 420 g/mol. The van der Waals surface area contributed by atoms with Crippen molar-refractivity contribution in [2.75, 3.05) is 38.5 Å². The maximum Gasteiger partial charge on any atom is 0.292 e. The minimum absolute atomic E-state index is 0.0510. The first-order valence-corrected chi connectivity index (χ1v) is 10.8. The van der Waals surface area contributed by atoms with Crippen LogP contribution in [0.15, 0.2) is 40.2 Å². The van der Waals surface area contributed by atoms with Gasteiger partial charge in [0.15, 0.2) is 0 Å². The van der Waals surface area contributed by atoms with E-state index in [0.717, 1.165) is 30.9 Å². The third-order valence-corrected chi connectivity index (χ3v) is 6.07. The van der Waals surface area contributed by atoms with Crippen molar-refractivity contribution in [1.82, 2.24) is 19.9 Å². The second-order valence-electron chi connectivity index (χ2n) is 7.26. The standard InChI is InChI=1S/C20H22N6O4S/c21-15-6-5-14(13-16(15)26(28)29)20(27)25-10-8-24(9-11-25)7-1-4-18-22-19(23-30-18)17-3-2-12-31-17/h2-3,5-6,12-13H,1,4,7-11,21H2. The summed E-state index contributed by atoms with van der Waals surface area (Å²) in [5, 5.41) is 17.1. The number of rotatable bonds is 7. The Kier molecular flexibility index (Phi) is 6.23. The summed E-state index contributed by atoms with van der Waals surface area (Å²) >= 11 is 1.57. The van der Waals surface area contributed by atoms with Crippen molar-refractivity contribution in [3.8, 4) is 10.7 Å². The Morgan fingerprint density at radius 2 is 2.06 bits per heavy atom. The number of piperazine rings is 1. The van der Waals surface area contributed by atoms with Gasteiger partial charge < -0.3 is 15.2 Å². The van der Waals surface area contributed by atoms with Crippen LogP contribution < -0.4 is 5.73 Å². The van der Waals surface area contributed by atoms with Crippen LogP contribution in [0.3, 0.4) is 0 Å². The number of nitrogens with zero attached hydrogens (tertiary/aromatic N) is 5. The SMILES string of the molecule is Nc1ccc(C(=O)N2CCN(CCCc3nc(-c4cccs4)no3)CC2)cc1[N+](=O)[O-]. The van der Waals surface area contributed by atoms with Crippen molar-refractivity contribution in [2.45, 2.75) is 12.8 Å². The topological polar surface area (TPSA) is 132 Å². The van der Waals surface area contributed by atoms with Gasteiger partial charge in [-0.15, -0.1) is 11.3 Å². The van der Waals surface area contributed by atoms with Crippen LogP contribution in [0.5, 0.6) is 0 Å². The first-order valence-electron chi connectivity index (χ1n) is 9.93. The molecule has 0 radical (unpaired) electrons. The number of thiophene rings is 1. The second kappa shape index (κ2) is 9.23.